The molecule has 0 heterocycles. The fourth-order valence-corrected chi connectivity index (χ4v) is 2.68. The third-order valence-electron chi connectivity index (χ3n) is 2.42. The molecule has 0 atom stereocenters. The molecule has 2 rings (SSSR count). The number of thioether (sulfide) groups is 1. The molecule has 2 aromatic rings. The van der Waals surface area contributed by atoms with Crippen LogP contribution in [0.5, 0.6) is 0 Å². The van der Waals surface area contributed by atoms with Gasteiger partial charge in [-0.3, -0.25) is 4.79 Å². The van der Waals surface area contributed by atoms with Crippen LogP contribution in [0.3, 0.4) is 0 Å². The van der Waals surface area contributed by atoms with Crippen molar-refractivity contribution in [3.8, 4) is 0 Å². The third-order valence-corrected chi connectivity index (χ3v) is 4.19. The lowest BCUT2D eigenvalue weighted by Gasteiger charge is -2.03. The van der Waals surface area contributed by atoms with Crippen molar-refractivity contribution in [1.82, 2.24) is 0 Å². The smallest absolute Gasteiger partial charge is 0.176 e. The summed E-state index contributed by atoms with van der Waals surface area (Å²) in [5.74, 6) is -0.629. The second-order valence-corrected chi connectivity index (χ2v) is 6.19. The van der Waals surface area contributed by atoms with E-state index in [1.807, 2.05) is 24.3 Å². The number of halogens is 3. The normalized spacial score (nSPS) is 10.5. The van der Waals surface area contributed by atoms with Gasteiger partial charge in [0.05, 0.1) is 11.3 Å². The molecule has 0 fully saturated rings. The van der Waals surface area contributed by atoms with E-state index in [-0.39, 0.29) is 22.1 Å². The second kappa shape index (κ2) is 6.55. The first-order chi connectivity index (χ1) is 9.06. The number of ketones is 1. The van der Waals surface area contributed by atoms with Gasteiger partial charge >= 0.3 is 0 Å². The van der Waals surface area contributed by atoms with Crippen LogP contribution in [-0.2, 0) is 0 Å². The molecule has 5 heteroatoms. The Morgan fingerprint density at radius 1 is 1.21 bits per heavy atom. The molecule has 98 valence electrons. The molecular formula is C14H9BrClFOS. The highest BCUT2D eigenvalue weighted by Gasteiger charge is 2.12. The number of rotatable bonds is 4. The minimum Gasteiger partial charge on any atom is -0.293 e. The molecule has 0 amide bonds. The Morgan fingerprint density at radius 2 is 1.89 bits per heavy atom. The zero-order chi connectivity index (χ0) is 13.8. The molecular weight excluding hydrogens is 351 g/mol. The Hall–Kier alpha value is -0.840. The minimum absolute atomic E-state index is 0.0778. The summed E-state index contributed by atoms with van der Waals surface area (Å²) in [5.41, 5.74) is 0.0778. The van der Waals surface area contributed by atoms with Crippen LogP contribution in [0.15, 0.2) is 51.8 Å². The summed E-state index contributed by atoms with van der Waals surface area (Å²) in [6, 6.07) is 11.7. The topological polar surface area (TPSA) is 17.1 Å². The number of carbonyl (C=O) groups excluding carboxylic acids is 1. The molecule has 0 radical (unpaired) electrons. The zero-order valence-corrected chi connectivity index (χ0v) is 12.9. The summed E-state index contributed by atoms with van der Waals surface area (Å²) in [5, 5.41) is 0.287. The van der Waals surface area contributed by atoms with Crippen LogP contribution in [0, 0.1) is 5.82 Å². The molecule has 0 aliphatic rings. The van der Waals surface area contributed by atoms with Crippen LogP contribution in [0.1, 0.15) is 10.4 Å². The van der Waals surface area contributed by atoms with Crippen LogP contribution in [-0.4, -0.2) is 11.5 Å². The van der Waals surface area contributed by atoms with Crippen molar-refractivity contribution in [3.63, 3.8) is 0 Å². The summed E-state index contributed by atoms with van der Waals surface area (Å²) in [6.45, 7) is 0. The molecule has 0 aromatic heterocycles. The summed E-state index contributed by atoms with van der Waals surface area (Å²) >= 11 is 10.4. The average Bonchev–Trinajstić information content (AvgIpc) is 2.37. The maximum absolute atomic E-state index is 13.6. The first-order valence-corrected chi connectivity index (χ1v) is 7.58. The van der Waals surface area contributed by atoms with Gasteiger partial charge in [0.15, 0.2) is 5.78 Å². The first kappa shape index (κ1) is 14.6. The van der Waals surface area contributed by atoms with Crippen LogP contribution in [0.25, 0.3) is 0 Å². The van der Waals surface area contributed by atoms with Crippen molar-refractivity contribution in [2.45, 2.75) is 4.90 Å². The van der Waals surface area contributed by atoms with E-state index in [4.69, 9.17) is 11.6 Å². The van der Waals surface area contributed by atoms with Crippen molar-refractivity contribution in [1.29, 1.82) is 0 Å². The molecule has 0 spiro atoms. The second-order valence-electron chi connectivity index (χ2n) is 3.79. The summed E-state index contributed by atoms with van der Waals surface area (Å²) in [6.07, 6.45) is 0. The van der Waals surface area contributed by atoms with Crippen LogP contribution in [0.2, 0.25) is 5.02 Å². The number of hydrogen-bond acceptors (Lipinski definition) is 2. The lowest BCUT2D eigenvalue weighted by molar-refractivity contribution is 0.101. The molecule has 2 aromatic carbocycles. The molecule has 0 aliphatic carbocycles. The van der Waals surface area contributed by atoms with Gasteiger partial charge in [0.25, 0.3) is 0 Å². The van der Waals surface area contributed by atoms with Crippen molar-refractivity contribution < 1.29 is 9.18 Å². The van der Waals surface area contributed by atoms with Gasteiger partial charge in [-0.2, -0.15) is 0 Å². The fourth-order valence-electron chi connectivity index (χ4n) is 1.47. The molecule has 1 nitrogen and oxygen atoms in total. The van der Waals surface area contributed by atoms with Crippen LogP contribution in [0.4, 0.5) is 4.39 Å². The lowest BCUT2D eigenvalue weighted by atomic mass is 10.1. The van der Waals surface area contributed by atoms with Gasteiger partial charge in [0, 0.05) is 14.4 Å². The highest BCUT2D eigenvalue weighted by molar-refractivity contribution is 9.10. The van der Waals surface area contributed by atoms with Crippen molar-refractivity contribution >= 4 is 45.1 Å². The van der Waals surface area contributed by atoms with E-state index < -0.39 is 5.82 Å². The van der Waals surface area contributed by atoms with E-state index in [0.29, 0.717) is 0 Å². The number of hydrogen-bond donors (Lipinski definition) is 0. The van der Waals surface area contributed by atoms with Crippen molar-refractivity contribution in [2.75, 3.05) is 5.75 Å². The van der Waals surface area contributed by atoms with Gasteiger partial charge in [0.1, 0.15) is 5.82 Å². The van der Waals surface area contributed by atoms with Gasteiger partial charge in [-0.15, -0.1) is 11.8 Å². The maximum atomic E-state index is 13.6. The van der Waals surface area contributed by atoms with Gasteiger partial charge in [-0.1, -0.05) is 27.5 Å². The van der Waals surface area contributed by atoms with E-state index in [9.17, 15) is 9.18 Å². The van der Waals surface area contributed by atoms with E-state index in [0.717, 1.165) is 15.4 Å². The van der Waals surface area contributed by atoms with Crippen molar-refractivity contribution in [2.24, 2.45) is 0 Å². The molecule has 0 saturated carbocycles. The van der Waals surface area contributed by atoms with Gasteiger partial charge in [-0.05, 0) is 42.5 Å². The SMILES string of the molecule is O=C(CSc1ccc(Br)cc1)c1ccc(Cl)cc1F. The van der Waals surface area contributed by atoms with E-state index in [1.165, 1.54) is 23.9 Å². The first-order valence-electron chi connectivity index (χ1n) is 5.43. The highest BCUT2D eigenvalue weighted by atomic mass is 79.9. The van der Waals surface area contributed by atoms with Gasteiger partial charge in [0.2, 0.25) is 0 Å². The standard InChI is InChI=1S/C14H9BrClFOS/c15-9-1-4-11(5-2-9)19-8-14(18)12-6-3-10(16)7-13(12)17/h1-7H,8H2. The monoisotopic (exact) mass is 358 g/mol. The molecule has 0 aliphatic heterocycles. The molecule has 0 saturated heterocycles. The molecule has 19 heavy (non-hydrogen) atoms. The van der Waals surface area contributed by atoms with Crippen molar-refractivity contribution in [3.05, 3.63) is 63.3 Å². The Kier molecular flexibility index (Phi) is 5.02. The lowest BCUT2D eigenvalue weighted by Crippen LogP contribution is -2.05. The van der Waals surface area contributed by atoms with E-state index >= 15 is 0 Å². The summed E-state index contributed by atoms with van der Waals surface area (Å²) < 4.78 is 14.5. The largest absolute Gasteiger partial charge is 0.293 e. The average molecular weight is 360 g/mol. The van der Waals surface area contributed by atoms with Gasteiger partial charge < -0.3 is 0 Å². The fraction of sp³-hybridized carbons (Fsp3) is 0.0714. The molecule has 0 N–H and O–H groups in total. The van der Waals surface area contributed by atoms with Crippen LogP contribution >= 0.6 is 39.3 Å². The Balaban J connectivity index is 2.03. The predicted octanol–water partition coefficient (Wildman–Crippen LogP) is 5.22. The predicted molar refractivity (Wildman–Crippen MR) is 80.6 cm³/mol. The van der Waals surface area contributed by atoms with E-state index in [2.05, 4.69) is 15.9 Å². The number of Topliss-reactive ketones (excluding diaryl/α,β-unsaturated/α-hetero) is 1. The number of carbonyl (C=O) groups is 1. The minimum atomic E-state index is -0.575. The van der Waals surface area contributed by atoms with Gasteiger partial charge in [-0.25, -0.2) is 4.39 Å². The molecule has 0 unspecified atom stereocenters. The summed E-state index contributed by atoms with van der Waals surface area (Å²) in [4.78, 5) is 12.9. The maximum Gasteiger partial charge on any atom is 0.176 e. The van der Waals surface area contributed by atoms with E-state index in [1.54, 1.807) is 0 Å². The van der Waals surface area contributed by atoms with Crippen LogP contribution < -0.4 is 0 Å². The Labute approximate surface area is 128 Å². The third kappa shape index (κ3) is 4.06. The summed E-state index contributed by atoms with van der Waals surface area (Å²) in [7, 11) is 0. The quantitative estimate of drug-likeness (QED) is 0.550. The Morgan fingerprint density at radius 3 is 2.53 bits per heavy atom. The number of benzene rings is 2. The highest BCUT2D eigenvalue weighted by Crippen LogP contribution is 2.23. The zero-order valence-electron chi connectivity index (χ0n) is 9.70. The Bertz CT molecular complexity index is 601. The molecule has 0 bridgehead atoms.